The van der Waals surface area contributed by atoms with Crippen molar-refractivity contribution < 1.29 is 23.9 Å². The molecule has 1 aliphatic rings. The first-order chi connectivity index (χ1) is 12.5. The van der Waals surface area contributed by atoms with Crippen molar-refractivity contribution in [2.75, 3.05) is 7.11 Å². The summed E-state index contributed by atoms with van der Waals surface area (Å²) in [5.74, 6) is -0.435. The first-order valence-electron chi connectivity index (χ1n) is 8.92. The number of para-hydroxylation sites is 1. The number of rotatable bonds is 7. The van der Waals surface area contributed by atoms with Crippen molar-refractivity contribution in [3.63, 3.8) is 0 Å². The second-order valence-electron chi connectivity index (χ2n) is 6.39. The van der Waals surface area contributed by atoms with Crippen LogP contribution < -0.4 is 15.4 Å². The smallest absolute Gasteiger partial charge is 0.321 e. The van der Waals surface area contributed by atoms with Crippen molar-refractivity contribution in [1.82, 2.24) is 10.6 Å². The first kappa shape index (κ1) is 19.8. The van der Waals surface area contributed by atoms with Gasteiger partial charge in [0, 0.05) is 12.5 Å². The van der Waals surface area contributed by atoms with E-state index in [-0.39, 0.29) is 12.5 Å². The molecule has 1 fully saturated rings. The van der Waals surface area contributed by atoms with Crippen LogP contribution in [0.25, 0.3) is 0 Å². The van der Waals surface area contributed by atoms with Gasteiger partial charge in [-0.1, -0.05) is 31.0 Å². The van der Waals surface area contributed by atoms with Crippen molar-refractivity contribution in [3.05, 3.63) is 29.8 Å². The minimum absolute atomic E-state index is 0.113. The maximum Gasteiger partial charge on any atom is 0.321 e. The maximum absolute atomic E-state index is 12.0. The summed E-state index contributed by atoms with van der Waals surface area (Å²) >= 11 is 0. The van der Waals surface area contributed by atoms with Crippen molar-refractivity contribution in [2.45, 2.75) is 57.6 Å². The molecule has 0 bridgehead atoms. The number of methoxy groups -OCH3 is 1. The molecule has 2 N–H and O–H groups in total. The van der Waals surface area contributed by atoms with E-state index < -0.39 is 24.0 Å². The van der Waals surface area contributed by atoms with Gasteiger partial charge in [-0.2, -0.15) is 0 Å². The van der Waals surface area contributed by atoms with Crippen molar-refractivity contribution >= 4 is 17.9 Å². The topological polar surface area (TPSA) is 93.7 Å². The molecule has 3 amide bonds. The number of urea groups is 1. The zero-order valence-electron chi connectivity index (χ0n) is 15.2. The third-order valence-electron chi connectivity index (χ3n) is 4.40. The minimum atomic E-state index is -1.03. The molecule has 0 heterocycles. The molecule has 0 aliphatic heterocycles. The molecule has 26 heavy (non-hydrogen) atoms. The normalized spacial score (nSPS) is 15.2. The highest BCUT2D eigenvalue weighted by atomic mass is 16.5. The summed E-state index contributed by atoms with van der Waals surface area (Å²) in [6, 6.07) is 6.97. The van der Waals surface area contributed by atoms with Crippen LogP contribution in [0.1, 0.15) is 44.6 Å². The highest BCUT2D eigenvalue weighted by molar-refractivity contribution is 5.97. The average molecular weight is 362 g/mol. The Bertz CT molecular complexity index is 641. The lowest BCUT2D eigenvalue weighted by Crippen LogP contribution is -2.47. The summed E-state index contributed by atoms with van der Waals surface area (Å²) in [5, 5.41) is 4.97. The van der Waals surface area contributed by atoms with E-state index >= 15 is 0 Å². The van der Waals surface area contributed by atoms with Crippen LogP contribution in [0, 0.1) is 0 Å². The molecule has 1 saturated carbocycles. The lowest BCUT2D eigenvalue weighted by Gasteiger charge is -2.15. The Labute approximate surface area is 153 Å². The van der Waals surface area contributed by atoms with Gasteiger partial charge < -0.3 is 14.8 Å². The molecule has 1 atom stereocenters. The van der Waals surface area contributed by atoms with Gasteiger partial charge in [0.2, 0.25) is 0 Å². The van der Waals surface area contributed by atoms with E-state index in [1.807, 2.05) is 24.3 Å². The first-order valence-corrected chi connectivity index (χ1v) is 8.92. The summed E-state index contributed by atoms with van der Waals surface area (Å²) in [6.07, 6.45) is 3.54. The van der Waals surface area contributed by atoms with Crippen LogP contribution in [-0.2, 0) is 20.7 Å². The second kappa shape index (κ2) is 9.79. The van der Waals surface area contributed by atoms with Crippen molar-refractivity contribution in [2.24, 2.45) is 0 Å². The highest BCUT2D eigenvalue weighted by Gasteiger charge is 2.22. The fraction of sp³-hybridized carbons (Fsp3) is 0.526. The zero-order valence-corrected chi connectivity index (χ0v) is 15.2. The summed E-state index contributed by atoms with van der Waals surface area (Å²) < 4.78 is 10.3. The molecule has 1 aliphatic carbocycles. The van der Waals surface area contributed by atoms with Crippen LogP contribution >= 0.6 is 0 Å². The number of nitrogens with one attached hydrogen (secondary N) is 2. The predicted molar refractivity (Wildman–Crippen MR) is 95.8 cm³/mol. The van der Waals surface area contributed by atoms with E-state index in [0.29, 0.717) is 12.2 Å². The van der Waals surface area contributed by atoms with E-state index in [1.54, 1.807) is 7.11 Å². The van der Waals surface area contributed by atoms with E-state index in [2.05, 4.69) is 10.6 Å². The summed E-state index contributed by atoms with van der Waals surface area (Å²) in [6.45, 7) is 1.44. The Hall–Kier alpha value is -2.57. The SMILES string of the molecule is COc1ccccc1CCC(=O)O[C@@H](C)C(=O)NC(=O)NC1CCCC1. The monoisotopic (exact) mass is 362 g/mol. The van der Waals surface area contributed by atoms with Crippen LogP contribution in [0.2, 0.25) is 0 Å². The van der Waals surface area contributed by atoms with Crippen LogP contribution in [0.5, 0.6) is 5.75 Å². The van der Waals surface area contributed by atoms with Crippen molar-refractivity contribution in [3.8, 4) is 5.75 Å². The Balaban J connectivity index is 1.73. The molecule has 1 aromatic carbocycles. The Morgan fingerprint density at radius 3 is 2.58 bits per heavy atom. The van der Waals surface area contributed by atoms with Gasteiger partial charge in [0.1, 0.15) is 5.75 Å². The van der Waals surface area contributed by atoms with Crippen LogP contribution in [0.15, 0.2) is 24.3 Å². The average Bonchev–Trinajstić information content (AvgIpc) is 3.12. The molecular formula is C19H26N2O5. The quantitative estimate of drug-likeness (QED) is 0.726. The lowest BCUT2D eigenvalue weighted by molar-refractivity contribution is -0.154. The molecule has 7 nitrogen and oxygen atoms in total. The maximum atomic E-state index is 12.0. The second-order valence-corrected chi connectivity index (χ2v) is 6.39. The van der Waals surface area contributed by atoms with Gasteiger partial charge in [0.25, 0.3) is 5.91 Å². The van der Waals surface area contributed by atoms with Gasteiger partial charge in [0.15, 0.2) is 6.10 Å². The number of carbonyl (C=O) groups excluding carboxylic acids is 3. The third kappa shape index (κ3) is 6.06. The fourth-order valence-electron chi connectivity index (χ4n) is 2.96. The third-order valence-corrected chi connectivity index (χ3v) is 4.40. The molecule has 1 aromatic rings. The largest absolute Gasteiger partial charge is 0.496 e. The molecule has 142 valence electrons. The molecule has 0 saturated heterocycles. The number of hydrogen-bond acceptors (Lipinski definition) is 5. The minimum Gasteiger partial charge on any atom is -0.496 e. The van der Waals surface area contributed by atoms with Gasteiger partial charge in [0.05, 0.1) is 7.11 Å². The van der Waals surface area contributed by atoms with Gasteiger partial charge in [-0.05, 0) is 37.8 Å². The standard InChI is InChI=1S/C19H26N2O5/c1-13(18(23)21-19(24)20-15-8-4-5-9-15)26-17(22)12-11-14-7-3-6-10-16(14)25-2/h3,6-7,10,13,15H,4-5,8-9,11-12H2,1-2H3,(H2,20,21,23,24)/t13-/m0/s1. The van der Waals surface area contributed by atoms with Gasteiger partial charge in [-0.25, -0.2) is 4.79 Å². The van der Waals surface area contributed by atoms with Crippen LogP contribution in [-0.4, -0.2) is 37.2 Å². The molecule has 7 heteroatoms. The summed E-state index contributed by atoms with van der Waals surface area (Å²) in [7, 11) is 1.57. The Morgan fingerprint density at radius 1 is 1.19 bits per heavy atom. The Morgan fingerprint density at radius 2 is 1.88 bits per heavy atom. The number of esters is 1. The van der Waals surface area contributed by atoms with E-state index in [4.69, 9.17) is 9.47 Å². The predicted octanol–water partition coefficient (Wildman–Crippen LogP) is 2.33. The number of amides is 3. The molecule has 0 spiro atoms. The summed E-state index contributed by atoms with van der Waals surface area (Å²) in [4.78, 5) is 35.7. The Kier molecular flexibility index (Phi) is 7.44. The van der Waals surface area contributed by atoms with Gasteiger partial charge in [-0.15, -0.1) is 0 Å². The van der Waals surface area contributed by atoms with E-state index in [0.717, 1.165) is 31.2 Å². The molecule has 0 radical (unpaired) electrons. The van der Waals surface area contributed by atoms with Gasteiger partial charge >= 0.3 is 12.0 Å². The van der Waals surface area contributed by atoms with Gasteiger partial charge in [-0.3, -0.25) is 14.9 Å². The number of benzene rings is 1. The summed E-state index contributed by atoms with van der Waals surface area (Å²) in [5.41, 5.74) is 0.889. The molecule has 0 aromatic heterocycles. The lowest BCUT2D eigenvalue weighted by atomic mass is 10.1. The molecule has 2 rings (SSSR count). The fourth-order valence-corrected chi connectivity index (χ4v) is 2.96. The van der Waals surface area contributed by atoms with E-state index in [9.17, 15) is 14.4 Å². The molecule has 0 unspecified atom stereocenters. The molecular weight excluding hydrogens is 336 g/mol. The number of ether oxygens (including phenoxy) is 2. The number of aryl methyl sites for hydroxylation is 1. The zero-order chi connectivity index (χ0) is 18.9. The number of imide groups is 1. The van der Waals surface area contributed by atoms with E-state index in [1.165, 1.54) is 6.92 Å². The number of hydrogen-bond donors (Lipinski definition) is 2. The van der Waals surface area contributed by atoms with Crippen LogP contribution in [0.4, 0.5) is 4.79 Å². The van der Waals surface area contributed by atoms with Crippen LogP contribution in [0.3, 0.4) is 0 Å². The number of carbonyl (C=O) groups is 3. The highest BCUT2D eigenvalue weighted by Crippen LogP contribution is 2.19. The van der Waals surface area contributed by atoms with Crippen molar-refractivity contribution in [1.29, 1.82) is 0 Å².